The average Bonchev–Trinajstić information content (AvgIpc) is 2.30. The van der Waals surface area contributed by atoms with Gasteiger partial charge in [-0.2, -0.15) is 0 Å². The molecule has 0 spiro atoms. The van der Waals surface area contributed by atoms with Crippen molar-refractivity contribution in [3.63, 3.8) is 0 Å². The second-order valence-corrected chi connectivity index (χ2v) is 6.51. The van der Waals surface area contributed by atoms with E-state index in [0.29, 0.717) is 4.90 Å². The average molecular weight is 256 g/mol. The lowest BCUT2D eigenvalue weighted by Crippen LogP contribution is -2.14. The van der Waals surface area contributed by atoms with Gasteiger partial charge in [0.15, 0.2) is 9.84 Å². The maximum absolute atomic E-state index is 11.6. The monoisotopic (exact) mass is 256 g/mol. The van der Waals surface area contributed by atoms with Crippen LogP contribution in [-0.2, 0) is 9.84 Å². The maximum Gasteiger partial charge on any atom is 0.178 e. The molecule has 1 N–H and O–H groups in total. The molecule has 1 aromatic carbocycles. The molecule has 2 atom stereocenters. The van der Waals surface area contributed by atoms with Gasteiger partial charge in [0.2, 0.25) is 0 Å². The van der Waals surface area contributed by atoms with Crippen molar-refractivity contribution in [1.29, 1.82) is 0 Å². The Kier molecular flexibility index (Phi) is 4.71. The van der Waals surface area contributed by atoms with E-state index in [9.17, 15) is 13.5 Å². The van der Waals surface area contributed by atoms with Crippen molar-refractivity contribution >= 4 is 9.84 Å². The van der Waals surface area contributed by atoms with E-state index in [2.05, 4.69) is 0 Å². The molecule has 0 radical (unpaired) electrons. The van der Waals surface area contributed by atoms with Crippen molar-refractivity contribution in [3.8, 4) is 0 Å². The molecule has 1 aromatic rings. The lowest BCUT2D eigenvalue weighted by molar-refractivity contribution is 0.160. The fourth-order valence-corrected chi connectivity index (χ4v) is 2.83. The van der Waals surface area contributed by atoms with Gasteiger partial charge in [-0.15, -0.1) is 0 Å². The Morgan fingerprint density at radius 3 is 2.06 bits per heavy atom. The first-order chi connectivity index (χ1) is 7.92. The summed E-state index contributed by atoms with van der Waals surface area (Å²) >= 11 is 0. The highest BCUT2D eigenvalue weighted by molar-refractivity contribution is 7.91. The van der Waals surface area contributed by atoms with Gasteiger partial charge in [-0.3, -0.25) is 0 Å². The molecule has 0 aliphatic heterocycles. The molecule has 0 amide bonds. The quantitative estimate of drug-likeness (QED) is 0.880. The molecule has 0 fully saturated rings. The van der Waals surface area contributed by atoms with Crippen LogP contribution in [0.5, 0.6) is 0 Å². The highest BCUT2D eigenvalue weighted by Crippen LogP contribution is 2.24. The zero-order chi connectivity index (χ0) is 13.1. The third-order valence-corrected chi connectivity index (χ3v) is 4.82. The highest BCUT2D eigenvalue weighted by atomic mass is 32.2. The van der Waals surface area contributed by atoms with Crippen molar-refractivity contribution in [1.82, 2.24) is 0 Å². The first kappa shape index (κ1) is 14.2. The normalized spacial score (nSPS) is 15.5. The Bertz CT molecular complexity index is 446. The van der Waals surface area contributed by atoms with Gasteiger partial charge in [0.05, 0.1) is 16.8 Å². The molecule has 17 heavy (non-hydrogen) atoms. The standard InChI is InChI=1S/C13H20O3S/c1-4-13(10(3)14)11-6-8-12(9-7-11)17(15,16)5-2/h6-10,13-14H,4-5H2,1-3H3. The van der Waals surface area contributed by atoms with Crippen LogP contribution in [0.4, 0.5) is 0 Å². The molecule has 4 heteroatoms. The van der Waals surface area contributed by atoms with Gasteiger partial charge in [0.1, 0.15) is 0 Å². The number of hydrogen-bond donors (Lipinski definition) is 1. The summed E-state index contributed by atoms with van der Waals surface area (Å²) in [5.74, 6) is 0.174. The summed E-state index contributed by atoms with van der Waals surface area (Å²) in [5.41, 5.74) is 0.984. The minimum atomic E-state index is -3.13. The van der Waals surface area contributed by atoms with E-state index < -0.39 is 15.9 Å². The minimum absolute atomic E-state index is 0.0633. The van der Waals surface area contributed by atoms with E-state index >= 15 is 0 Å². The van der Waals surface area contributed by atoms with Crippen LogP contribution in [0, 0.1) is 0 Å². The molecule has 3 nitrogen and oxygen atoms in total. The summed E-state index contributed by atoms with van der Waals surface area (Å²) in [5, 5.41) is 9.62. The maximum atomic E-state index is 11.6. The molecule has 0 saturated heterocycles. The minimum Gasteiger partial charge on any atom is -0.393 e. The van der Waals surface area contributed by atoms with Crippen molar-refractivity contribution in [2.75, 3.05) is 5.75 Å². The molecule has 0 aliphatic rings. The van der Waals surface area contributed by atoms with Gasteiger partial charge >= 0.3 is 0 Å². The number of hydrogen-bond acceptors (Lipinski definition) is 3. The zero-order valence-corrected chi connectivity index (χ0v) is 11.4. The number of benzene rings is 1. The summed E-state index contributed by atoms with van der Waals surface area (Å²) in [6, 6.07) is 6.84. The molecule has 0 aliphatic carbocycles. The predicted octanol–water partition coefficient (Wildman–Crippen LogP) is 2.35. The van der Waals surface area contributed by atoms with Crippen LogP contribution in [0.1, 0.15) is 38.7 Å². The Labute approximate surface area is 103 Å². The fraction of sp³-hybridized carbons (Fsp3) is 0.538. The van der Waals surface area contributed by atoms with Gasteiger partial charge in [-0.05, 0) is 31.0 Å². The summed E-state index contributed by atoms with van der Waals surface area (Å²) < 4.78 is 23.3. The van der Waals surface area contributed by atoms with Crippen molar-refractivity contribution in [2.45, 2.75) is 44.1 Å². The Morgan fingerprint density at radius 1 is 1.18 bits per heavy atom. The third kappa shape index (κ3) is 3.30. The van der Waals surface area contributed by atoms with Crippen LogP contribution >= 0.6 is 0 Å². The van der Waals surface area contributed by atoms with E-state index in [1.165, 1.54) is 0 Å². The second kappa shape index (κ2) is 5.65. The van der Waals surface area contributed by atoms with Gasteiger partial charge in [0, 0.05) is 5.92 Å². The third-order valence-electron chi connectivity index (χ3n) is 3.07. The molecule has 0 aromatic heterocycles. The lowest BCUT2D eigenvalue weighted by Gasteiger charge is -2.18. The van der Waals surface area contributed by atoms with Crippen molar-refractivity contribution < 1.29 is 13.5 Å². The van der Waals surface area contributed by atoms with Crippen LogP contribution in [0.3, 0.4) is 0 Å². The molecule has 0 heterocycles. The van der Waals surface area contributed by atoms with Gasteiger partial charge in [-0.1, -0.05) is 26.0 Å². The van der Waals surface area contributed by atoms with Crippen LogP contribution in [0.15, 0.2) is 29.2 Å². The summed E-state index contributed by atoms with van der Waals surface area (Å²) in [6.45, 7) is 5.40. The van der Waals surface area contributed by atoms with Crippen molar-refractivity contribution in [3.05, 3.63) is 29.8 Å². The first-order valence-corrected chi connectivity index (χ1v) is 7.58. The molecule has 0 bridgehead atoms. The van der Waals surface area contributed by atoms with Crippen molar-refractivity contribution in [2.24, 2.45) is 0 Å². The molecular weight excluding hydrogens is 236 g/mol. The van der Waals surface area contributed by atoms with E-state index in [1.54, 1.807) is 38.1 Å². The Balaban J connectivity index is 3.03. The van der Waals surface area contributed by atoms with Gasteiger partial charge in [-0.25, -0.2) is 8.42 Å². The largest absolute Gasteiger partial charge is 0.393 e. The number of aliphatic hydroxyl groups is 1. The van der Waals surface area contributed by atoms with Crippen LogP contribution in [0.2, 0.25) is 0 Å². The summed E-state index contributed by atoms with van der Waals surface area (Å²) in [7, 11) is -3.13. The molecule has 96 valence electrons. The number of rotatable bonds is 5. The number of sulfone groups is 1. The highest BCUT2D eigenvalue weighted by Gasteiger charge is 2.16. The Morgan fingerprint density at radius 2 is 1.71 bits per heavy atom. The molecule has 0 saturated carbocycles. The molecular formula is C13H20O3S. The van der Waals surface area contributed by atoms with Gasteiger partial charge in [0.25, 0.3) is 0 Å². The topological polar surface area (TPSA) is 54.4 Å². The summed E-state index contributed by atoms with van der Waals surface area (Å²) in [4.78, 5) is 0.351. The first-order valence-electron chi connectivity index (χ1n) is 5.93. The van der Waals surface area contributed by atoms with E-state index in [0.717, 1.165) is 12.0 Å². The second-order valence-electron chi connectivity index (χ2n) is 4.23. The van der Waals surface area contributed by atoms with Crippen LogP contribution < -0.4 is 0 Å². The SMILES string of the molecule is CCC(c1ccc(S(=O)(=O)CC)cc1)C(C)O. The molecule has 1 rings (SSSR count). The van der Waals surface area contributed by atoms with E-state index in [4.69, 9.17) is 0 Å². The predicted molar refractivity (Wildman–Crippen MR) is 68.9 cm³/mol. The fourth-order valence-electron chi connectivity index (χ4n) is 1.94. The van der Waals surface area contributed by atoms with Crippen LogP contribution in [-0.4, -0.2) is 25.4 Å². The zero-order valence-electron chi connectivity index (χ0n) is 10.6. The lowest BCUT2D eigenvalue weighted by atomic mass is 9.92. The van der Waals surface area contributed by atoms with E-state index in [1.807, 2.05) is 6.92 Å². The van der Waals surface area contributed by atoms with Gasteiger partial charge < -0.3 is 5.11 Å². The van der Waals surface area contributed by atoms with Crippen LogP contribution in [0.25, 0.3) is 0 Å². The smallest absolute Gasteiger partial charge is 0.178 e. The molecule has 2 unspecified atom stereocenters. The Hall–Kier alpha value is -0.870. The summed E-state index contributed by atoms with van der Waals surface area (Å²) in [6.07, 6.45) is 0.408. The van der Waals surface area contributed by atoms with E-state index in [-0.39, 0.29) is 11.7 Å². The number of aliphatic hydroxyl groups excluding tert-OH is 1.